The van der Waals surface area contributed by atoms with Gasteiger partial charge in [0.1, 0.15) is 5.67 Å². The Morgan fingerprint density at radius 1 is 1.33 bits per heavy atom. The lowest BCUT2D eigenvalue weighted by atomic mass is 9.76. The lowest BCUT2D eigenvalue weighted by Crippen LogP contribution is -2.22. The van der Waals surface area contributed by atoms with E-state index in [1.165, 1.54) is 0 Å². The third kappa shape index (κ3) is 3.69. The molecule has 1 heteroatoms. The third-order valence-electron chi connectivity index (χ3n) is 3.80. The van der Waals surface area contributed by atoms with E-state index in [1.807, 2.05) is 25.2 Å². The van der Waals surface area contributed by atoms with Crippen LogP contribution in [0.4, 0.5) is 4.39 Å². The molecule has 18 heavy (non-hydrogen) atoms. The van der Waals surface area contributed by atoms with E-state index in [4.69, 9.17) is 0 Å². The van der Waals surface area contributed by atoms with Crippen LogP contribution in [0.15, 0.2) is 49.1 Å². The molecule has 0 spiro atoms. The average Bonchev–Trinajstić information content (AvgIpc) is 2.43. The first-order valence-corrected chi connectivity index (χ1v) is 6.74. The lowest BCUT2D eigenvalue weighted by Gasteiger charge is -2.28. The van der Waals surface area contributed by atoms with Gasteiger partial charge in [-0.05, 0) is 49.7 Å². The second kappa shape index (κ2) is 6.17. The first-order valence-electron chi connectivity index (χ1n) is 6.74. The number of hydrogen-bond acceptors (Lipinski definition) is 0. The van der Waals surface area contributed by atoms with E-state index in [0.717, 1.165) is 0 Å². The van der Waals surface area contributed by atoms with Gasteiger partial charge in [-0.25, -0.2) is 4.39 Å². The monoisotopic (exact) mass is 248 g/mol. The van der Waals surface area contributed by atoms with Crippen molar-refractivity contribution in [2.75, 3.05) is 0 Å². The third-order valence-corrected chi connectivity index (χ3v) is 3.80. The Morgan fingerprint density at radius 3 is 2.50 bits per heavy atom. The molecule has 0 aromatic heterocycles. The highest BCUT2D eigenvalue weighted by Gasteiger charge is 2.28. The van der Waals surface area contributed by atoms with Crippen LogP contribution in [0, 0.1) is 23.7 Å². The van der Waals surface area contributed by atoms with Gasteiger partial charge in [-0.1, -0.05) is 44.2 Å². The standard InChI is InChI=1S/C17H25F/c1-6-8-13(3)15(7-2)16-10-12-17(5,18)11-9-14(16)4/h6-16H,2H2,1,3-5H3/b8-6-/t13-,14?,15?,16?,17?/m1/s1. The zero-order valence-electron chi connectivity index (χ0n) is 11.9. The summed E-state index contributed by atoms with van der Waals surface area (Å²) in [5.74, 6) is 1.39. The van der Waals surface area contributed by atoms with E-state index in [-0.39, 0.29) is 0 Å². The molecule has 0 saturated heterocycles. The molecule has 0 amide bonds. The predicted molar refractivity (Wildman–Crippen MR) is 78.1 cm³/mol. The first kappa shape index (κ1) is 14.9. The number of rotatable bonds is 4. The molecule has 0 heterocycles. The largest absolute Gasteiger partial charge is 0.235 e. The van der Waals surface area contributed by atoms with Gasteiger partial charge in [0.2, 0.25) is 0 Å². The van der Waals surface area contributed by atoms with Crippen molar-refractivity contribution in [1.29, 1.82) is 0 Å². The molecular formula is C17H25F. The van der Waals surface area contributed by atoms with E-state index < -0.39 is 5.67 Å². The summed E-state index contributed by atoms with van der Waals surface area (Å²) in [5, 5.41) is 0. The van der Waals surface area contributed by atoms with Crippen molar-refractivity contribution in [2.45, 2.75) is 33.4 Å². The number of alkyl halides is 1. The highest BCUT2D eigenvalue weighted by Crippen LogP contribution is 2.34. The molecule has 0 aromatic carbocycles. The Labute approximate surface area is 111 Å². The SMILES string of the molecule is C=CC(C1C=CC(C)(F)C=CC1C)[C@H](C)/C=C\C. The van der Waals surface area contributed by atoms with Crippen LogP contribution >= 0.6 is 0 Å². The van der Waals surface area contributed by atoms with E-state index in [9.17, 15) is 4.39 Å². The molecule has 5 atom stereocenters. The maximum absolute atomic E-state index is 14.0. The van der Waals surface area contributed by atoms with Crippen molar-refractivity contribution in [2.24, 2.45) is 23.7 Å². The fraction of sp³-hybridized carbons (Fsp3) is 0.529. The van der Waals surface area contributed by atoms with E-state index in [1.54, 1.807) is 19.1 Å². The summed E-state index contributed by atoms with van der Waals surface area (Å²) >= 11 is 0. The van der Waals surface area contributed by atoms with Gasteiger partial charge in [0.25, 0.3) is 0 Å². The normalized spacial score (nSPS) is 35.4. The summed E-state index contributed by atoms with van der Waals surface area (Å²) in [6.45, 7) is 11.9. The van der Waals surface area contributed by atoms with E-state index >= 15 is 0 Å². The zero-order valence-corrected chi connectivity index (χ0v) is 11.9. The van der Waals surface area contributed by atoms with Crippen LogP contribution < -0.4 is 0 Å². The fourth-order valence-corrected chi connectivity index (χ4v) is 2.63. The van der Waals surface area contributed by atoms with Gasteiger partial charge < -0.3 is 0 Å². The van der Waals surface area contributed by atoms with Crippen LogP contribution in [-0.2, 0) is 0 Å². The van der Waals surface area contributed by atoms with E-state index in [2.05, 4.69) is 32.6 Å². The van der Waals surface area contributed by atoms with Crippen LogP contribution in [0.2, 0.25) is 0 Å². The lowest BCUT2D eigenvalue weighted by molar-refractivity contribution is 0.326. The molecule has 0 radical (unpaired) electrons. The van der Waals surface area contributed by atoms with Gasteiger partial charge in [-0.2, -0.15) is 0 Å². The van der Waals surface area contributed by atoms with Crippen LogP contribution in [0.1, 0.15) is 27.7 Å². The predicted octanol–water partition coefficient (Wildman–Crippen LogP) is 5.11. The molecular weight excluding hydrogens is 223 g/mol. The van der Waals surface area contributed by atoms with Gasteiger partial charge in [0, 0.05) is 0 Å². The molecule has 0 bridgehead atoms. The van der Waals surface area contributed by atoms with Gasteiger partial charge in [-0.3, -0.25) is 0 Å². The van der Waals surface area contributed by atoms with Crippen molar-refractivity contribution < 1.29 is 4.39 Å². The van der Waals surface area contributed by atoms with Gasteiger partial charge in [0.05, 0.1) is 0 Å². The fourth-order valence-electron chi connectivity index (χ4n) is 2.63. The molecule has 100 valence electrons. The Balaban J connectivity index is 2.99. The Hall–Kier alpha value is -1.11. The summed E-state index contributed by atoms with van der Waals surface area (Å²) in [5.41, 5.74) is -1.32. The molecule has 0 nitrogen and oxygen atoms in total. The molecule has 1 aliphatic carbocycles. The van der Waals surface area contributed by atoms with Crippen molar-refractivity contribution >= 4 is 0 Å². The Morgan fingerprint density at radius 2 is 1.94 bits per heavy atom. The first-order chi connectivity index (χ1) is 8.41. The van der Waals surface area contributed by atoms with Crippen molar-refractivity contribution in [3.8, 4) is 0 Å². The summed E-state index contributed by atoms with van der Waals surface area (Å²) < 4.78 is 14.0. The maximum Gasteiger partial charge on any atom is 0.144 e. The number of halogens is 1. The highest BCUT2D eigenvalue weighted by atomic mass is 19.1. The molecule has 1 aliphatic rings. The summed E-state index contributed by atoms with van der Waals surface area (Å²) in [7, 11) is 0. The molecule has 0 saturated carbocycles. The van der Waals surface area contributed by atoms with Crippen LogP contribution in [-0.4, -0.2) is 5.67 Å². The summed E-state index contributed by atoms with van der Waals surface area (Å²) in [6.07, 6.45) is 13.6. The van der Waals surface area contributed by atoms with Crippen LogP contribution in [0.25, 0.3) is 0 Å². The van der Waals surface area contributed by atoms with Gasteiger partial charge >= 0.3 is 0 Å². The molecule has 1 rings (SSSR count). The maximum atomic E-state index is 14.0. The molecule has 4 unspecified atom stereocenters. The topological polar surface area (TPSA) is 0 Å². The molecule has 0 fully saturated rings. The smallest absolute Gasteiger partial charge is 0.144 e. The number of allylic oxidation sites excluding steroid dienone is 7. The summed E-state index contributed by atoms with van der Waals surface area (Å²) in [6, 6.07) is 0. The van der Waals surface area contributed by atoms with Crippen molar-refractivity contribution in [3.05, 3.63) is 49.1 Å². The minimum absolute atomic E-state index is 0.308. The Bertz CT molecular complexity index is 360. The van der Waals surface area contributed by atoms with Gasteiger partial charge in [0.15, 0.2) is 0 Å². The second-order valence-electron chi connectivity index (χ2n) is 5.50. The number of hydrogen-bond donors (Lipinski definition) is 0. The molecule has 0 aromatic rings. The quantitative estimate of drug-likeness (QED) is 0.607. The van der Waals surface area contributed by atoms with Crippen molar-refractivity contribution in [1.82, 2.24) is 0 Å². The van der Waals surface area contributed by atoms with Gasteiger partial charge in [-0.15, -0.1) is 6.58 Å². The Kier molecular flexibility index (Phi) is 5.13. The highest BCUT2D eigenvalue weighted by molar-refractivity contribution is 5.20. The average molecular weight is 248 g/mol. The minimum Gasteiger partial charge on any atom is -0.235 e. The molecule has 0 N–H and O–H groups in total. The van der Waals surface area contributed by atoms with Crippen LogP contribution in [0.5, 0.6) is 0 Å². The summed E-state index contributed by atoms with van der Waals surface area (Å²) in [4.78, 5) is 0. The zero-order chi connectivity index (χ0) is 13.8. The minimum atomic E-state index is -1.32. The van der Waals surface area contributed by atoms with Crippen LogP contribution in [0.3, 0.4) is 0 Å². The van der Waals surface area contributed by atoms with Crippen molar-refractivity contribution in [3.63, 3.8) is 0 Å². The molecule has 0 aliphatic heterocycles. The second-order valence-corrected chi connectivity index (χ2v) is 5.50. The van der Waals surface area contributed by atoms with E-state index in [0.29, 0.717) is 23.7 Å².